The molecule has 0 aromatic heterocycles. The van der Waals surface area contributed by atoms with E-state index in [2.05, 4.69) is 0 Å². The second-order valence-corrected chi connectivity index (χ2v) is 7.18. The zero-order valence-electron chi connectivity index (χ0n) is 13.2. The minimum atomic E-state index is -0.327. The summed E-state index contributed by atoms with van der Waals surface area (Å²) in [6, 6.07) is 19.4. The van der Waals surface area contributed by atoms with Gasteiger partial charge < -0.3 is 9.80 Å². The van der Waals surface area contributed by atoms with E-state index < -0.39 is 0 Å². The summed E-state index contributed by atoms with van der Waals surface area (Å²) in [5.74, 6) is 0.688. The fourth-order valence-electron chi connectivity index (χ4n) is 3.43. The summed E-state index contributed by atoms with van der Waals surface area (Å²) in [6.45, 7) is 1.04. The molecule has 5 heteroatoms. The number of benzene rings is 2. The maximum Gasteiger partial charge on any atom is 0.321 e. The monoisotopic (exact) mass is 338 g/mol. The quantitative estimate of drug-likeness (QED) is 0.804. The highest BCUT2D eigenvalue weighted by atomic mass is 32.2. The Morgan fingerprint density at radius 3 is 1.96 bits per heavy atom. The van der Waals surface area contributed by atoms with Crippen LogP contribution in [-0.4, -0.2) is 38.8 Å². The molecule has 0 unspecified atom stereocenters. The zero-order valence-corrected chi connectivity index (χ0v) is 14.0. The van der Waals surface area contributed by atoms with Gasteiger partial charge in [-0.05, 0) is 11.1 Å². The van der Waals surface area contributed by atoms with E-state index in [1.54, 1.807) is 4.90 Å². The molecule has 0 aliphatic carbocycles. The first kappa shape index (κ1) is 15.3. The summed E-state index contributed by atoms with van der Waals surface area (Å²) in [7, 11) is 0. The predicted molar refractivity (Wildman–Crippen MR) is 94.4 cm³/mol. The van der Waals surface area contributed by atoms with E-state index in [0.717, 1.165) is 11.1 Å². The van der Waals surface area contributed by atoms with Gasteiger partial charge in [0.25, 0.3) is 0 Å². The highest BCUT2D eigenvalue weighted by molar-refractivity contribution is 8.14. The van der Waals surface area contributed by atoms with E-state index in [-0.39, 0.29) is 23.2 Å². The van der Waals surface area contributed by atoms with Gasteiger partial charge in [-0.2, -0.15) is 0 Å². The van der Waals surface area contributed by atoms with Crippen molar-refractivity contribution in [1.29, 1.82) is 0 Å². The molecule has 2 amide bonds. The molecule has 4 rings (SSSR count). The van der Waals surface area contributed by atoms with Crippen LogP contribution in [0.25, 0.3) is 0 Å². The van der Waals surface area contributed by atoms with Crippen molar-refractivity contribution < 1.29 is 9.59 Å². The summed E-state index contributed by atoms with van der Waals surface area (Å²) < 4.78 is 0. The lowest BCUT2D eigenvalue weighted by Crippen LogP contribution is -2.38. The number of fused-ring (bicyclic) bond motifs is 1. The van der Waals surface area contributed by atoms with Gasteiger partial charge in [0, 0.05) is 18.8 Å². The Balaban J connectivity index is 1.60. The summed E-state index contributed by atoms with van der Waals surface area (Å²) >= 11 is 1.35. The first-order valence-corrected chi connectivity index (χ1v) is 9.04. The molecule has 122 valence electrons. The lowest BCUT2D eigenvalue weighted by molar-refractivity contribution is -0.114. The molecule has 2 aliphatic rings. The van der Waals surface area contributed by atoms with Crippen molar-refractivity contribution in [2.45, 2.75) is 25.2 Å². The number of urea groups is 1. The van der Waals surface area contributed by atoms with E-state index in [1.165, 1.54) is 11.8 Å². The van der Waals surface area contributed by atoms with E-state index >= 15 is 0 Å². The second kappa shape index (κ2) is 6.32. The summed E-state index contributed by atoms with van der Waals surface area (Å²) in [5.41, 5.74) is 2.14. The van der Waals surface area contributed by atoms with Crippen LogP contribution < -0.4 is 0 Å². The van der Waals surface area contributed by atoms with Crippen molar-refractivity contribution in [3.05, 3.63) is 71.8 Å². The van der Waals surface area contributed by atoms with Crippen LogP contribution in [0.1, 0.15) is 11.1 Å². The molecular weight excluding hydrogens is 320 g/mol. The third-order valence-corrected chi connectivity index (χ3v) is 5.66. The molecule has 2 aromatic rings. The van der Waals surface area contributed by atoms with Crippen molar-refractivity contribution in [3.63, 3.8) is 0 Å². The number of rotatable bonds is 4. The molecule has 0 bridgehead atoms. The number of carbonyl (C=O) groups is 2. The Hall–Kier alpha value is -2.27. The van der Waals surface area contributed by atoms with Crippen LogP contribution in [0.5, 0.6) is 0 Å². The number of thioether (sulfide) groups is 1. The SMILES string of the molecule is O=C1SC[C@@H]2[C@@H]1N(Cc1ccccc1)C(=O)N2Cc1ccccc1. The molecule has 24 heavy (non-hydrogen) atoms. The Labute approximate surface area is 145 Å². The molecular formula is C19H18N2O2S. The molecule has 0 N–H and O–H groups in total. The summed E-state index contributed by atoms with van der Waals surface area (Å²) in [4.78, 5) is 28.9. The van der Waals surface area contributed by atoms with Gasteiger partial charge in [-0.3, -0.25) is 4.79 Å². The average Bonchev–Trinajstić information content (AvgIpc) is 3.11. The smallest absolute Gasteiger partial charge is 0.314 e. The summed E-state index contributed by atoms with van der Waals surface area (Å²) in [5, 5.41) is 0.111. The van der Waals surface area contributed by atoms with Gasteiger partial charge >= 0.3 is 6.03 Å². The highest BCUT2D eigenvalue weighted by Gasteiger charge is 2.52. The molecule has 2 fully saturated rings. The zero-order chi connectivity index (χ0) is 16.5. The van der Waals surface area contributed by atoms with Crippen molar-refractivity contribution >= 4 is 22.9 Å². The Kier molecular flexibility index (Phi) is 4.02. The van der Waals surface area contributed by atoms with Crippen LogP contribution in [0, 0.1) is 0 Å². The molecule has 0 spiro atoms. The van der Waals surface area contributed by atoms with Gasteiger partial charge in [-0.15, -0.1) is 0 Å². The fourth-order valence-corrected chi connectivity index (χ4v) is 4.59. The van der Waals surface area contributed by atoms with Gasteiger partial charge in [0.2, 0.25) is 5.12 Å². The third-order valence-electron chi connectivity index (χ3n) is 4.62. The first-order valence-electron chi connectivity index (χ1n) is 8.06. The lowest BCUT2D eigenvalue weighted by atomic mass is 10.1. The van der Waals surface area contributed by atoms with E-state index in [4.69, 9.17) is 0 Å². The van der Waals surface area contributed by atoms with Crippen molar-refractivity contribution in [3.8, 4) is 0 Å². The van der Waals surface area contributed by atoms with Gasteiger partial charge in [0.15, 0.2) is 0 Å². The minimum absolute atomic E-state index is 0.0288. The maximum absolute atomic E-state index is 13.0. The summed E-state index contributed by atoms with van der Waals surface area (Å²) in [6.07, 6.45) is 0. The number of hydrogen-bond acceptors (Lipinski definition) is 3. The molecule has 2 saturated heterocycles. The first-order chi connectivity index (χ1) is 11.7. The Bertz CT molecular complexity index is 750. The highest BCUT2D eigenvalue weighted by Crippen LogP contribution is 2.37. The average molecular weight is 338 g/mol. The lowest BCUT2D eigenvalue weighted by Gasteiger charge is -2.22. The number of carbonyl (C=O) groups excluding carboxylic acids is 2. The van der Waals surface area contributed by atoms with Gasteiger partial charge in [0.1, 0.15) is 6.04 Å². The molecule has 2 heterocycles. The van der Waals surface area contributed by atoms with Crippen LogP contribution >= 0.6 is 11.8 Å². The van der Waals surface area contributed by atoms with E-state index in [9.17, 15) is 9.59 Å². The largest absolute Gasteiger partial charge is 0.321 e. The maximum atomic E-state index is 13.0. The van der Waals surface area contributed by atoms with Gasteiger partial charge in [0.05, 0.1) is 6.04 Å². The van der Waals surface area contributed by atoms with Crippen LogP contribution in [0.2, 0.25) is 0 Å². The fraction of sp³-hybridized carbons (Fsp3) is 0.263. The van der Waals surface area contributed by atoms with Crippen LogP contribution in [0.4, 0.5) is 4.79 Å². The Morgan fingerprint density at radius 2 is 1.38 bits per heavy atom. The molecule has 2 aliphatic heterocycles. The minimum Gasteiger partial charge on any atom is -0.314 e. The molecule has 0 radical (unpaired) electrons. The molecule has 2 atom stereocenters. The molecule has 4 nitrogen and oxygen atoms in total. The predicted octanol–water partition coefficient (Wildman–Crippen LogP) is 3.14. The van der Waals surface area contributed by atoms with Gasteiger partial charge in [-0.25, -0.2) is 4.79 Å². The van der Waals surface area contributed by atoms with Crippen molar-refractivity contribution in [2.24, 2.45) is 0 Å². The number of nitrogens with zero attached hydrogens (tertiary/aromatic N) is 2. The standard InChI is InChI=1S/C19H18N2O2S/c22-18-17-16(13-24-18)20(11-14-7-3-1-4-8-14)19(23)21(17)12-15-9-5-2-6-10-15/h1-10,16-17H,11-13H2/t16-,17+/m1/s1. The normalized spacial score (nSPS) is 23.0. The second-order valence-electron chi connectivity index (χ2n) is 6.15. The van der Waals surface area contributed by atoms with Crippen LogP contribution in [0.15, 0.2) is 60.7 Å². The third kappa shape index (κ3) is 2.69. The number of amides is 2. The van der Waals surface area contributed by atoms with E-state index in [1.807, 2.05) is 65.6 Å². The molecule has 2 aromatic carbocycles. The van der Waals surface area contributed by atoms with Gasteiger partial charge in [-0.1, -0.05) is 72.4 Å². The number of hydrogen-bond donors (Lipinski definition) is 0. The molecule has 0 saturated carbocycles. The van der Waals surface area contributed by atoms with Crippen molar-refractivity contribution in [1.82, 2.24) is 9.80 Å². The van der Waals surface area contributed by atoms with Crippen LogP contribution in [0.3, 0.4) is 0 Å². The van der Waals surface area contributed by atoms with E-state index in [0.29, 0.717) is 18.8 Å². The Morgan fingerprint density at radius 1 is 0.833 bits per heavy atom. The topological polar surface area (TPSA) is 40.6 Å². The van der Waals surface area contributed by atoms with Crippen molar-refractivity contribution in [2.75, 3.05) is 5.75 Å². The van der Waals surface area contributed by atoms with Crippen LogP contribution in [-0.2, 0) is 17.9 Å².